The van der Waals surface area contributed by atoms with E-state index in [1.165, 1.54) is 116 Å². The molecule has 5 nitrogen and oxygen atoms in total. The summed E-state index contributed by atoms with van der Waals surface area (Å²) in [5, 5.41) is 9.96. The maximum atomic E-state index is 12.0. The molecule has 0 amide bonds. The quantitative estimate of drug-likeness (QED) is 0.0612. The van der Waals surface area contributed by atoms with Crippen LogP contribution in [0.3, 0.4) is 0 Å². The SMILES string of the molecule is CCCCCCCCCCCCCCCC(=O)OC[C@H](O)COC(=O)CCCCCCCCCCCCCCC[18F]. The molecule has 0 unspecified atom stereocenters. The predicted octanol–water partition coefficient (Wildman–Crippen LogP) is 10.3. The van der Waals surface area contributed by atoms with Crippen LogP contribution in [0.15, 0.2) is 0 Å². The van der Waals surface area contributed by atoms with Crippen molar-refractivity contribution in [3.8, 4) is 0 Å². The predicted molar refractivity (Wildman–Crippen MR) is 169 cm³/mol. The van der Waals surface area contributed by atoms with Crippen LogP contribution in [0.4, 0.5) is 4.39 Å². The molecule has 41 heavy (non-hydrogen) atoms. The second-order valence-electron chi connectivity index (χ2n) is 12.0. The highest BCUT2D eigenvalue weighted by molar-refractivity contribution is 5.69. The molecule has 0 bridgehead atoms. The number of hydrogen-bond donors (Lipinski definition) is 1. The number of aliphatic hydroxyl groups excluding tert-OH is 1. The van der Waals surface area contributed by atoms with Gasteiger partial charge >= 0.3 is 11.9 Å². The number of carbonyl (C=O) groups is 2. The molecule has 0 heterocycles. The van der Waals surface area contributed by atoms with Crippen LogP contribution >= 0.6 is 0 Å². The van der Waals surface area contributed by atoms with Crippen molar-refractivity contribution in [2.45, 2.75) is 193 Å². The summed E-state index contributed by atoms with van der Waals surface area (Å²) in [6, 6.07) is 0. The third kappa shape index (κ3) is 33.2. The molecule has 1 atom stereocenters. The summed E-state index contributed by atoms with van der Waals surface area (Å²) in [6.07, 6.45) is 30.9. The number of rotatable bonds is 33. The smallest absolute Gasteiger partial charge is 0.305 e. The molecule has 244 valence electrons. The zero-order chi connectivity index (χ0) is 30.1. The van der Waals surface area contributed by atoms with Crippen molar-refractivity contribution in [3.63, 3.8) is 0 Å². The first-order valence-corrected chi connectivity index (χ1v) is 17.7. The Morgan fingerprint density at radius 2 is 0.756 bits per heavy atom. The lowest BCUT2D eigenvalue weighted by Crippen LogP contribution is -2.25. The Morgan fingerprint density at radius 1 is 0.488 bits per heavy atom. The summed E-state index contributed by atoms with van der Waals surface area (Å²) < 4.78 is 22.3. The van der Waals surface area contributed by atoms with Crippen molar-refractivity contribution in [2.75, 3.05) is 19.9 Å². The zero-order valence-electron chi connectivity index (χ0n) is 27.0. The Labute approximate surface area is 253 Å². The second kappa shape index (κ2) is 33.3. The average Bonchev–Trinajstić information content (AvgIpc) is 2.97. The van der Waals surface area contributed by atoms with Gasteiger partial charge in [-0.05, 0) is 19.3 Å². The summed E-state index contributed by atoms with van der Waals surface area (Å²) >= 11 is 0. The summed E-state index contributed by atoms with van der Waals surface area (Å²) in [5.74, 6) is -0.586. The van der Waals surface area contributed by atoms with E-state index >= 15 is 0 Å². The topological polar surface area (TPSA) is 72.8 Å². The van der Waals surface area contributed by atoms with Gasteiger partial charge in [-0.25, -0.2) is 0 Å². The maximum absolute atomic E-state index is 12.0. The van der Waals surface area contributed by atoms with Crippen molar-refractivity contribution in [1.29, 1.82) is 0 Å². The van der Waals surface area contributed by atoms with Crippen LogP contribution in [-0.2, 0) is 19.1 Å². The molecule has 0 radical (unpaired) electrons. The highest BCUT2D eigenvalue weighted by Crippen LogP contribution is 2.14. The minimum atomic E-state index is -0.968. The molecule has 1 N–H and O–H groups in total. The molecule has 0 fully saturated rings. The number of esters is 2. The molecule has 6 heteroatoms. The van der Waals surface area contributed by atoms with Gasteiger partial charge in [0.2, 0.25) is 0 Å². The third-order valence-electron chi connectivity index (χ3n) is 7.87. The van der Waals surface area contributed by atoms with Crippen LogP contribution < -0.4 is 0 Å². The first kappa shape index (κ1) is 39.8. The van der Waals surface area contributed by atoms with Gasteiger partial charge in [-0.15, -0.1) is 0 Å². The Morgan fingerprint density at radius 3 is 1.05 bits per heavy atom. The summed E-state index contributed by atoms with van der Waals surface area (Å²) in [4.78, 5) is 23.8. The van der Waals surface area contributed by atoms with Gasteiger partial charge in [0.05, 0.1) is 6.67 Å². The minimum Gasteiger partial charge on any atom is -0.463 e. The zero-order valence-corrected chi connectivity index (χ0v) is 27.0. The van der Waals surface area contributed by atoms with Crippen molar-refractivity contribution in [2.24, 2.45) is 0 Å². The maximum Gasteiger partial charge on any atom is 0.305 e. The Kier molecular flexibility index (Phi) is 32.4. The molecule has 0 saturated heterocycles. The molecular weight excluding hydrogens is 518 g/mol. The molecule has 0 aromatic carbocycles. The first-order chi connectivity index (χ1) is 20.1. The molecule has 0 aliphatic rings. The number of unbranched alkanes of at least 4 members (excludes halogenated alkanes) is 24. The highest BCUT2D eigenvalue weighted by atomic mass is 18.2. The Bertz CT molecular complexity index is 557. The fourth-order valence-corrected chi connectivity index (χ4v) is 5.17. The van der Waals surface area contributed by atoms with Crippen LogP contribution in [0, 0.1) is 0 Å². The van der Waals surface area contributed by atoms with E-state index in [9.17, 15) is 19.1 Å². The summed E-state index contributed by atoms with van der Waals surface area (Å²) in [6.45, 7) is 1.83. The number of halogens is 1. The normalized spacial score (nSPS) is 12.0. The van der Waals surface area contributed by atoms with E-state index in [4.69, 9.17) is 9.47 Å². The lowest BCUT2D eigenvalue weighted by Gasteiger charge is -2.12. The molecule has 0 aliphatic carbocycles. The van der Waals surface area contributed by atoms with Crippen LogP contribution in [0.25, 0.3) is 0 Å². The van der Waals surface area contributed by atoms with E-state index in [-0.39, 0.29) is 31.8 Å². The summed E-state index contributed by atoms with van der Waals surface area (Å²) in [5.41, 5.74) is 0. The van der Waals surface area contributed by atoms with Gasteiger partial charge in [-0.2, -0.15) is 0 Å². The van der Waals surface area contributed by atoms with Crippen LogP contribution in [-0.4, -0.2) is 43.0 Å². The monoisotopic (exact) mass is 585 g/mol. The Balaban J connectivity index is 3.39. The molecule has 0 spiro atoms. The van der Waals surface area contributed by atoms with Gasteiger partial charge in [0.25, 0.3) is 0 Å². The van der Waals surface area contributed by atoms with Crippen molar-refractivity contribution >= 4 is 11.9 Å². The van der Waals surface area contributed by atoms with Crippen molar-refractivity contribution < 1.29 is 28.6 Å². The van der Waals surface area contributed by atoms with Gasteiger partial charge in [0.15, 0.2) is 0 Å². The van der Waals surface area contributed by atoms with Gasteiger partial charge < -0.3 is 14.6 Å². The van der Waals surface area contributed by atoms with Gasteiger partial charge in [0.1, 0.15) is 19.3 Å². The first-order valence-electron chi connectivity index (χ1n) is 17.7. The number of ether oxygens (including phenoxy) is 2. The van der Waals surface area contributed by atoms with E-state index < -0.39 is 6.10 Å². The molecule has 0 aromatic heterocycles. The van der Waals surface area contributed by atoms with Crippen molar-refractivity contribution in [3.05, 3.63) is 0 Å². The van der Waals surface area contributed by atoms with Crippen molar-refractivity contribution in [1.82, 2.24) is 0 Å². The highest BCUT2D eigenvalue weighted by Gasteiger charge is 2.12. The van der Waals surface area contributed by atoms with E-state index in [0.29, 0.717) is 12.8 Å². The van der Waals surface area contributed by atoms with Gasteiger partial charge in [0, 0.05) is 12.8 Å². The van der Waals surface area contributed by atoms with E-state index in [1.807, 2.05) is 0 Å². The molecule has 0 aliphatic heterocycles. The van der Waals surface area contributed by atoms with Gasteiger partial charge in [-0.1, -0.05) is 155 Å². The Hall–Kier alpha value is -1.17. The standard InChI is InChI=1S/C35H67FO5/c1-2-3-4-5-6-7-8-10-13-16-19-22-25-28-34(38)40-31-33(37)32-41-35(39)29-26-23-20-17-14-11-9-12-15-18-21-24-27-30-36/h33,37H,2-32H2,1H3/t33-/m0/s1/i36-1. The fraction of sp³-hybridized carbons (Fsp3) is 0.943. The van der Waals surface area contributed by atoms with Crippen LogP contribution in [0.5, 0.6) is 0 Å². The number of carbonyl (C=O) groups excluding carboxylic acids is 2. The van der Waals surface area contributed by atoms with Gasteiger partial charge in [-0.3, -0.25) is 14.0 Å². The summed E-state index contributed by atoms with van der Waals surface area (Å²) in [7, 11) is 0. The minimum absolute atomic E-state index is 0.121. The molecule has 0 aromatic rings. The number of hydrogen-bond acceptors (Lipinski definition) is 5. The second-order valence-corrected chi connectivity index (χ2v) is 12.0. The third-order valence-corrected chi connectivity index (χ3v) is 7.87. The molecule has 0 saturated carbocycles. The lowest BCUT2D eigenvalue weighted by molar-refractivity contribution is -0.152. The molecular formula is C35H67FO5. The molecule has 0 rings (SSSR count). The van der Waals surface area contributed by atoms with E-state index in [0.717, 1.165) is 51.4 Å². The largest absolute Gasteiger partial charge is 0.463 e. The van der Waals surface area contributed by atoms with Crippen LogP contribution in [0.2, 0.25) is 0 Å². The van der Waals surface area contributed by atoms with Crippen LogP contribution in [0.1, 0.15) is 187 Å². The van der Waals surface area contributed by atoms with E-state index in [2.05, 4.69) is 6.92 Å². The van der Waals surface area contributed by atoms with E-state index in [1.54, 1.807) is 0 Å². The average molecular weight is 586 g/mol. The number of aliphatic hydroxyl groups is 1. The number of alkyl halides is 1. The fourth-order valence-electron chi connectivity index (χ4n) is 5.17. The lowest BCUT2D eigenvalue weighted by atomic mass is 10.0.